The number of carbonyl (C=O) groups excluding carboxylic acids is 3. The van der Waals surface area contributed by atoms with Gasteiger partial charge < -0.3 is 19.3 Å². The average molecular weight is 617 g/mol. The molecule has 3 rings (SSSR count). The molecular formula is C38H48O7. The topological polar surface area (TPSA) is 99.1 Å². The number of aliphatic hydroxyl groups is 1. The van der Waals surface area contributed by atoms with Gasteiger partial charge in [-0.2, -0.15) is 0 Å². The van der Waals surface area contributed by atoms with Crippen LogP contribution in [0.5, 0.6) is 0 Å². The number of allylic oxidation sites excluding steroid dienone is 5. The van der Waals surface area contributed by atoms with E-state index < -0.39 is 23.7 Å². The first-order chi connectivity index (χ1) is 21.5. The third-order valence-corrected chi connectivity index (χ3v) is 8.19. The quantitative estimate of drug-likeness (QED) is 0.123. The molecule has 1 saturated carbocycles. The van der Waals surface area contributed by atoms with Crippen molar-refractivity contribution in [2.24, 2.45) is 17.3 Å². The third-order valence-electron chi connectivity index (χ3n) is 8.19. The lowest BCUT2D eigenvalue weighted by molar-refractivity contribution is -0.209. The minimum absolute atomic E-state index is 0.0710. The Hall–Kier alpha value is -3.97. The fourth-order valence-electron chi connectivity index (χ4n) is 5.44. The van der Waals surface area contributed by atoms with Crippen molar-refractivity contribution in [2.75, 3.05) is 7.11 Å². The van der Waals surface area contributed by atoms with Gasteiger partial charge in [-0.15, -0.1) is 0 Å². The molecule has 7 nitrogen and oxygen atoms in total. The van der Waals surface area contributed by atoms with Crippen LogP contribution < -0.4 is 0 Å². The number of hydrogen-bond donors (Lipinski definition) is 1. The Morgan fingerprint density at radius 3 is 1.96 bits per heavy atom. The fraction of sp³-hybridized carbons (Fsp3) is 0.447. The predicted molar refractivity (Wildman–Crippen MR) is 175 cm³/mol. The predicted octanol–water partition coefficient (Wildman–Crippen LogP) is 8.01. The van der Waals surface area contributed by atoms with E-state index >= 15 is 0 Å². The van der Waals surface area contributed by atoms with Crippen LogP contribution >= 0.6 is 0 Å². The zero-order valence-electron chi connectivity index (χ0n) is 27.2. The van der Waals surface area contributed by atoms with E-state index in [1.807, 2.05) is 12.2 Å². The molecule has 242 valence electrons. The van der Waals surface area contributed by atoms with Crippen molar-refractivity contribution in [1.29, 1.82) is 0 Å². The van der Waals surface area contributed by atoms with Crippen molar-refractivity contribution in [3.05, 3.63) is 108 Å². The number of hydrogen-bond acceptors (Lipinski definition) is 7. The Morgan fingerprint density at radius 1 is 0.844 bits per heavy atom. The van der Waals surface area contributed by atoms with Gasteiger partial charge in [-0.1, -0.05) is 86.2 Å². The Kier molecular flexibility index (Phi) is 13.4. The van der Waals surface area contributed by atoms with E-state index in [0.717, 1.165) is 39.2 Å². The molecule has 2 aromatic rings. The van der Waals surface area contributed by atoms with Crippen LogP contribution in [-0.2, 0) is 19.0 Å². The molecule has 45 heavy (non-hydrogen) atoms. The molecule has 0 unspecified atom stereocenters. The maximum atomic E-state index is 13.1. The van der Waals surface area contributed by atoms with Crippen LogP contribution in [0.2, 0.25) is 0 Å². The summed E-state index contributed by atoms with van der Waals surface area (Å²) in [6.45, 7) is 8.74. The van der Waals surface area contributed by atoms with E-state index in [0.29, 0.717) is 0 Å². The number of carbonyl (C=O) groups is 3. The number of rotatable bonds is 15. The summed E-state index contributed by atoms with van der Waals surface area (Å²) in [5, 5.41) is 10.7. The maximum absolute atomic E-state index is 13.1. The molecule has 1 N–H and O–H groups in total. The van der Waals surface area contributed by atoms with Gasteiger partial charge in [0.15, 0.2) is 0 Å². The molecule has 0 radical (unpaired) electrons. The van der Waals surface area contributed by atoms with Gasteiger partial charge >= 0.3 is 23.7 Å². The first-order valence-corrected chi connectivity index (χ1v) is 15.7. The van der Waals surface area contributed by atoms with Gasteiger partial charge in [0.2, 0.25) is 0 Å². The van der Waals surface area contributed by atoms with Crippen molar-refractivity contribution < 1.29 is 33.7 Å². The Bertz CT molecular complexity index is 1280. The number of methoxy groups -OCH3 is 1. The number of benzene rings is 2. The van der Waals surface area contributed by atoms with Crippen LogP contribution in [0.3, 0.4) is 0 Å². The molecule has 3 atom stereocenters. The molecule has 0 aliphatic heterocycles. The van der Waals surface area contributed by atoms with Crippen molar-refractivity contribution >= 4 is 17.9 Å². The minimum atomic E-state index is -2.29. The highest BCUT2D eigenvalue weighted by Gasteiger charge is 2.48. The Labute approximate surface area is 268 Å². The molecule has 0 bridgehead atoms. The summed E-state index contributed by atoms with van der Waals surface area (Å²) in [4.78, 5) is 39.3. The van der Waals surface area contributed by atoms with Crippen molar-refractivity contribution in [2.45, 2.75) is 84.5 Å². The monoisotopic (exact) mass is 616 g/mol. The standard InChI is InChI=1S/C38H48O7/c1-28(2)24-27-37(3,4)25-15-21-32-29(22-23-33(32)39)16-13-8-14-26-38(36(42)43-5,44-34(40)30-17-9-6-10-18-30)45-35(41)31-19-11-7-12-20-31/h6-13,15,17-21,24,29,32-33,39H,14,16,22-23,25-27H2,1-5H3/b13-8-,21-15+/t29-,32+,33+/m0/s1. The largest absolute Gasteiger partial charge is 0.463 e. The third kappa shape index (κ3) is 10.9. The Balaban J connectivity index is 1.70. The first-order valence-electron chi connectivity index (χ1n) is 15.7. The van der Waals surface area contributed by atoms with Gasteiger partial charge in [-0.3, -0.25) is 0 Å². The number of esters is 3. The molecule has 2 aromatic carbocycles. The van der Waals surface area contributed by atoms with E-state index in [1.54, 1.807) is 60.7 Å². The minimum Gasteiger partial charge on any atom is -0.463 e. The van der Waals surface area contributed by atoms with E-state index in [9.17, 15) is 19.5 Å². The van der Waals surface area contributed by atoms with Gasteiger partial charge in [0.1, 0.15) is 0 Å². The lowest BCUT2D eigenvalue weighted by atomic mass is 9.83. The van der Waals surface area contributed by atoms with Gasteiger partial charge in [0, 0.05) is 12.3 Å². The summed E-state index contributed by atoms with van der Waals surface area (Å²) in [5.74, 6) is -4.55. The van der Waals surface area contributed by atoms with E-state index in [1.165, 1.54) is 5.57 Å². The highest BCUT2D eigenvalue weighted by molar-refractivity contribution is 5.95. The van der Waals surface area contributed by atoms with Crippen LogP contribution in [0, 0.1) is 17.3 Å². The molecule has 1 aliphatic carbocycles. The molecule has 1 aliphatic rings. The molecular weight excluding hydrogens is 568 g/mol. The fourth-order valence-corrected chi connectivity index (χ4v) is 5.44. The van der Waals surface area contributed by atoms with E-state index in [-0.39, 0.29) is 47.3 Å². The second kappa shape index (κ2) is 16.9. The van der Waals surface area contributed by atoms with Crippen LogP contribution in [0.25, 0.3) is 0 Å². The lowest BCUT2D eigenvalue weighted by Crippen LogP contribution is -2.48. The van der Waals surface area contributed by atoms with Crippen molar-refractivity contribution in [1.82, 2.24) is 0 Å². The maximum Gasteiger partial charge on any atom is 0.392 e. The number of ether oxygens (including phenoxy) is 3. The SMILES string of the molecule is COC(=O)C(CC/C=C\C[C@H]1CC[C@@H](O)[C@@H]1/C=C/CC(C)(C)CC=C(C)C)(OC(=O)c1ccccc1)OC(=O)c1ccccc1. The molecule has 0 spiro atoms. The molecule has 0 saturated heterocycles. The molecule has 0 aromatic heterocycles. The van der Waals surface area contributed by atoms with Crippen LogP contribution in [0.4, 0.5) is 0 Å². The van der Waals surface area contributed by atoms with Gasteiger partial charge in [0.25, 0.3) is 0 Å². The second-order valence-corrected chi connectivity index (χ2v) is 12.8. The molecule has 1 fully saturated rings. The zero-order valence-corrected chi connectivity index (χ0v) is 27.2. The Morgan fingerprint density at radius 2 is 1.42 bits per heavy atom. The summed E-state index contributed by atoms with van der Waals surface area (Å²) < 4.78 is 16.3. The average Bonchev–Trinajstić information content (AvgIpc) is 3.38. The van der Waals surface area contributed by atoms with Gasteiger partial charge in [-0.05, 0) is 88.0 Å². The van der Waals surface area contributed by atoms with Crippen molar-refractivity contribution in [3.8, 4) is 0 Å². The van der Waals surface area contributed by atoms with Gasteiger partial charge in [-0.25, -0.2) is 14.4 Å². The summed E-state index contributed by atoms with van der Waals surface area (Å²) in [6, 6.07) is 16.4. The summed E-state index contributed by atoms with van der Waals surface area (Å²) >= 11 is 0. The van der Waals surface area contributed by atoms with Gasteiger partial charge in [0.05, 0.1) is 24.3 Å². The summed E-state index contributed by atoms with van der Waals surface area (Å²) in [6.07, 6.45) is 14.7. The summed E-state index contributed by atoms with van der Waals surface area (Å²) in [7, 11) is 1.15. The summed E-state index contributed by atoms with van der Waals surface area (Å²) in [5.41, 5.74) is 1.87. The highest BCUT2D eigenvalue weighted by Crippen LogP contribution is 2.37. The number of aliphatic hydroxyl groups excluding tert-OH is 1. The lowest BCUT2D eigenvalue weighted by Gasteiger charge is -2.29. The molecule has 0 amide bonds. The van der Waals surface area contributed by atoms with Crippen LogP contribution in [0.15, 0.2) is 96.6 Å². The molecule has 0 heterocycles. The smallest absolute Gasteiger partial charge is 0.392 e. The normalized spacial score (nSPS) is 18.6. The zero-order chi connectivity index (χ0) is 32.9. The van der Waals surface area contributed by atoms with Crippen molar-refractivity contribution in [3.63, 3.8) is 0 Å². The second-order valence-electron chi connectivity index (χ2n) is 12.8. The molecule has 7 heteroatoms. The highest BCUT2D eigenvalue weighted by atomic mass is 16.8. The van der Waals surface area contributed by atoms with E-state index in [4.69, 9.17) is 14.2 Å². The van der Waals surface area contributed by atoms with Crippen LogP contribution in [0.1, 0.15) is 93.4 Å². The van der Waals surface area contributed by atoms with Crippen LogP contribution in [-0.4, -0.2) is 42.0 Å². The van der Waals surface area contributed by atoms with E-state index in [2.05, 4.69) is 45.9 Å². The first kappa shape index (κ1) is 35.5.